The Morgan fingerprint density at radius 2 is 1.68 bits per heavy atom. The predicted octanol–water partition coefficient (Wildman–Crippen LogP) is 3.18. The van der Waals surface area contributed by atoms with E-state index in [2.05, 4.69) is 51.4 Å². The number of pyridine rings is 1. The summed E-state index contributed by atoms with van der Waals surface area (Å²) in [5, 5.41) is 12.3. The molecule has 0 atom stereocenters. The molecule has 2 aromatic carbocycles. The van der Waals surface area contributed by atoms with Crippen LogP contribution in [0.5, 0.6) is 5.75 Å². The van der Waals surface area contributed by atoms with Crippen LogP contribution in [0.3, 0.4) is 0 Å². The summed E-state index contributed by atoms with van der Waals surface area (Å²) >= 11 is 0. The van der Waals surface area contributed by atoms with E-state index in [4.69, 9.17) is 0 Å². The van der Waals surface area contributed by atoms with E-state index in [-0.39, 0.29) is 11.7 Å². The molecule has 2 heterocycles. The van der Waals surface area contributed by atoms with Gasteiger partial charge in [-0.25, -0.2) is 0 Å². The van der Waals surface area contributed by atoms with Crippen LogP contribution in [0, 0.1) is 0 Å². The lowest BCUT2D eigenvalue weighted by molar-refractivity contribution is 0.0954. The fourth-order valence-electron chi connectivity index (χ4n) is 3.74. The van der Waals surface area contributed by atoms with Crippen molar-refractivity contribution in [2.24, 2.45) is 0 Å². The number of rotatable bonds is 6. The monoisotopic (exact) mass is 416 g/mol. The van der Waals surface area contributed by atoms with Crippen LogP contribution in [0.15, 0.2) is 67.0 Å². The molecule has 0 bridgehead atoms. The number of phenolic OH excluding ortho intramolecular Hbond substituents is 1. The van der Waals surface area contributed by atoms with Gasteiger partial charge < -0.3 is 20.2 Å². The summed E-state index contributed by atoms with van der Waals surface area (Å²) in [6.45, 7) is 4.76. The average Bonchev–Trinajstić information content (AvgIpc) is 2.81. The lowest BCUT2D eigenvalue weighted by atomic mass is 10.0. The van der Waals surface area contributed by atoms with Gasteiger partial charge in [0.1, 0.15) is 5.75 Å². The second kappa shape index (κ2) is 9.62. The highest BCUT2D eigenvalue weighted by atomic mass is 16.3. The number of hydrogen-bond donors (Lipinski definition) is 2. The molecule has 1 amide bonds. The summed E-state index contributed by atoms with van der Waals surface area (Å²) in [6.07, 6.45) is 4.09. The third-order valence-electron chi connectivity index (χ3n) is 5.71. The molecule has 1 saturated heterocycles. The standard InChI is InChI=1S/C25H28N4O2/c1-28-12-14-29(15-13-28)23-6-4-20(5-7-23)21-16-22(18-26-17-21)25(31)27-11-10-19-2-8-24(30)9-3-19/h2-9,16-18,30H,10-15H2,1H3,(H,27,31). The number of hydrogen-bond acceptors (Lipinski definition) is 5. The fraction of sp³-hybridized carbons (Fsp3) is 0.280. The fourth-order valence-corrected chi connectivity index (χ4v) is 3.74. The van der Waals surface area contributed by atoms with Gasteiger partial charge in [-0.05, 0) is 54.9 Å². The number of carbonyl (C=O) groups is 1. The van der Waals surface area contributed by atoms with Crippen molar-refractivity contribution in [2.75, 3.05) is 44.7 Å². The molecule has 0 aliphatic carbocycles. The van der Waals surface area contributed by atoms with Gasteiger partial charge in [-0.1, -0.05) is 24.3 Å². The van der Waals surface area contributed by atoms with Crippen molar-refractivity contribution in [3.8, 4) is 16.9 Å². The van der Waals surface area contributed by atoms with Crippen LogP contribution in [-0.2, 0) is 6.42 Å². The Labute approximate surface area is 183 Å². The van der Waals surface area contributed by atoms with Crippen LogP contribution in [0.2, 0.25) is 0 Å². The third-order valence-corrected chi connectivity index (χ3v) is 5.71. The Balaban J connectivity index is 1.37. The second-order valence-electron chi connectivity index (χ2n) is 7.97. The number of amides is 1. The van der Waals surface area contributed by atoms with Crippen molar-refractivity contribution >= 4 is 11.6 Å². The van der Waals surface area contributed by atoms with Crippen molar-refractivity contribution in [1.82, 2.24) is 15.2 Å². The van der Waals surface area contributed by atoms with E-state index in [0.29, 0.717) is 18.5 Å². The topological polar surface area (TPSA) is 68.7 Å². The van der Waals surface area contributed by atoms with E-state index >= 15 is 0 Å². The van der Waals surface area contributed by atoms with Gasteiger partial charge in [-0.15, -0.1) is 0 Å². The van der Waals surface area contributed by atoms with Crippen molar-refractivity contribution in [2.45, 2.75) is 6.42 Å². The molecule has 0 spiro atoms. The number of piperazine rings is 1. The summed E-state index contributed by atoms with van der Waals surface area (Å²) < 4.78 is 0. The Bertz CT molecular complexity index is 1010. The van der Waals surface area contributed by atoms with E-state index in [1.807, 2.05) is 18.2 Å². The van der Waals surface area contributed by atoms with Gasteiger partial charge in [0.2, 0.25) is 0 Å². The zero-order chi connectivity index (χ0) is 21.6. The number of benzene rings is 2. The second-order valence-corrected chi connectivity index (χ2v) is 7.97. The first-order chi connectivity index (χ1) is 15.1. The molecule has 6 heteroatoms. The van der Waals surface area contributed by atoms with E-state index < -0.39 is 0 Å². The molecule has 1 fully saturated rings. The molecule has 3 aromatic rings. The highest BCUT2D eigenvalue weighted by molar-refractivity contribution is 5.95. The molecule has 0 radical (unpaired) electrons. The lowest BCUT2D eigenvalue weighted by Gasteiger charge is -2.34. The largest absolute Gasteiger partial charge is 0.508 e. The Morgan fingerprint density at radius 1 is 0.968 bits per heavy atom. The van der Waals surface area contributed by atoms with Crippen LogP contribution >= 0.6 is 0 Å². The van der Waals surface area contributed by atoms with Crippen LogP contribution in [0.1, 0.15) is 15.9 Å². The van der Waals surface area contributed by atoms with Gasteiger partial charge in [-0.3, -0.25) is 9.78 Å². The third kappa shape index (κ3) is 5.41. The van der Waals surface area contributed by atoms with Gasteiger partial charge in [0.15, 0.2) is 0 Å². The number of aromatic nitrogens is 1. The van der Waals surface area contributed by atoms with Crippen molar-refractivity contribution < 1.29 is 9.90 Å². The summed E-state index contributed by atoms with van der Waals surface area (Å²) in [4.78, 5) is 21.6. The van der Waals surface area contributed by atoms with Crippen LogP contribution in [-0.4, -0.2) is 60.7 Å². The SMILES string of the molecule is CN1CCN(c2ccc(-c3cncc(C(=O)NCCc4ccc(O)cc4)c3)cc2)CC1. The van der Waals surface area contributed by atoms with E-state index in [9.17, 15) is 9.90 Å². The minimum Gasteiger partial charge on any atom is -0.508 e. The number of aromatic hydroxyl groups is 1. The Kier molecular flexibility index (Phi) is 6.48. The van der Waals surface area contributed by atoms with Crippen LogP contribution in [0.25, 0.3) is 11.1 Å². The zero-order valence-corrected chi connectivity index (χ0v) is 17.8. The molecule has 4 rings (SSSR count). The Hall–Kier alpha value is -3.38. The number of likely N-dealkylation sites (N-methyl/N-ethyl adjacent to an activating group) is 1. The average molecular weight is 417 g/mol. The molecule has 160 valence electrons. The molecule has 31 heavy (non-hydrogen) atoms. The first kappa shape index (κ1) is 20.9. The maximum atomic E-state index is 12.6. The highest BCUT2D eigenvalue weighted by Gasteiger charge is 2.14. The van der Waals surface area contributed by atoms with Gasteiger partial charge in [-0.2, -0.15) is 0 Å². The number of phenols is 1. The van der Waals surface area contributed by atoms with Gasteiger partial charge in [0.05, 0.1) is 5.56 Å². The molecular weight excluding hydrogens is 388 g/mol. The van der Waals surface area contributed by atoms with Crippen molar-refractivity contribution in [3.05, 3.63) is 78.1 Å². The first-order valence-corrected chi connectivity index (χ1v) is 10.6. The normalized spacial score (nSPS) is 14.4. The maximum Gasteiger partial charge on any atom is 0.252 e. The molecule has 1 aliphatic heterocycles. The van der Waals surface area contributed by atoms with Gasteiger partial charge in [0.25, 0.3) is 5.91 Å². The number of nitrogens with zero attached hydrogens (tertiary/aromatic N) is 3. The summed E-state index contributed by atoms with van der Waals surface area (Å²) in [7, 11) is 2.16. The molecule has 1 aromatic heterocycles. The van der Waals surface area contributed by atoms with E-state index in [1.54, 1.807) is 24.5 Å². The summed E-state index contributed by atoms with van der Waals surface area (Å²) in [5.74, 6) is 0.106. The highest BCUT2D eigenvalue weighted by Crippen LogP contribution is 2.24. The first-order valence-electron chi connectivity index (χ1n) is 10.6. The van der Waals surface area contributed by atoms with E-state index in [1.165, 1.54) is 5.69 Å². The minimum absolute atomic E-state index is 0.137. The molecule has 2 N–H and O–H groups in total. The quantitative estimate of drug-likeness (QED) is 0.646. The molecule has 0 saturated carbocycles. The summed E-state index contributed by atoms with van der Waals surface area (Å²) in [5.41, 5.74) is 4.81. The number of nitrogens with one attached hydrogen (secondary N) is 1. The van der Waals surface area contributed by atoms with Crippen LogP contribution < -0.4 is 10.2 Å². The molecule has 1 aliphatic rings. The van der Waals surface area contributed by atoms with Crippen molar-refractivity contribution in [3.63, 3.8) is 0 Å². The maximum absolute atomic E-state index is 12.6. The van der Waals surface area contributed by atoms with Gasteiger partial charge >= 0.3 is 0 Å². The molecular formula is C25H28N4O2. The number of carbonyl (C=O) groups excluding carboxylic acids is 1. The van der Waals surface area contributed by atoms with Crippen LogP contribution in [0.4, 0.5) is 5.69 Å². The lowest BCUT2D eigenvalue weighted by Crippen LogP contribution is -2.44. The molecule has 6 nitrogen and oxygen atoms in total. The summed E-state index contributed by atoms with van der Waals surface area (Å²) in [6, 6.07) is 17.4. The smallest absolute Gasteiger partial charge is 0.252 e. The van der Waals surface area contributed by atoms with Crippen molar-refractivity contribution in [1.29, 1.82) is 0 Å². The minimum atomic E-state index is -0.137. The Morgan fingerprint density at radius 3 is 2.39 bits per heavy atom. The van der Waals surface area contributed by atoms with Gasteiger partial charge in [0, 0.05) is 56.4 Å². The zero-order valence-electron chi connectivity index (χ0n) is 17.8. The number of anilines is 1. The predicted molar refractivity (Wildman–Crippen MR) is 124 cm³/mol. The van der Waals surface area contributed by atoms with E-state index in [0.717, 1.165) is 42.9 Å². The molecule has 0 unspecified atom stereocenters.